The Morgan fingerprint density at radius 2 is 2.21 bits per heavy atom. The maximum absolute atomic E-state index is 6.16. The summed E-state index contributed by atoms with van der Waals surface area (Å²) in [6.07, 6.45) is 6.18. The number of rotatable bonds is 6. The number of aromatic nitrogens is 2. The molecule has 7 nitrogen and oxygen atoms in total. The Morgan fingerprint density at radius 3 is 2.90 bits per heavy atom. The minimum absolute atomic E-state index is 0. The SMILES string of the molecule is CN=C(NCC(C)Oc1ccccc1Cl)NC1CCCN(c2cnn(C)c2)C1.I. The van der Waals surface area contributed by atoms with Crippen LogP contribution in [-0.4, -0.2) is 54.6 Å². The number of benzene rings is 1. The van der Waals surface area contributed by atoms with Crippen molar-refractivity contribution in [2.45, 2.75) is 31.9 Å². The number of nitrogens with zero attached hydrogens (tertiary/aromatic N) is 4. The molecule has 2 heterocycles. The fourth-order valence-corrected chi connectivity index (χ4v) is 3.51. The number of halogens is 2. The Morgan fingerprint density at radius 1 is 1.41 bits per heavy atom. The fourth-order valence-electron chi connectivity index (χ4n) is 3.33. The van der Waals surface area contributed by atoms with E-state index in [0.717, 1.165) is 31.9 Å². The van der Waals surface area contributed by atoms with Crippen molar-refractivity contribution >= 4 is 47.2 Å². The minimum atomic E-state index is -0.0447. The molecule has 1 aromatic heterocycles. The molecule has 0 bridgehead atoms. The van der Waals surface area contributed by atoms with E-state index in [2.05, 4.69) is 31.8 Å². The summed E-state index contributed by atoms with van der Waals surface area (Å²) in [6.45, 7) is 4.62. The maximum atomic E-state index is 6.16. The highest BCUT2D eigenvalue weighted by atomic mass is 127. The summed E-state index contributed by atoms with van der Waals surface area (Å²) in [4.78, 5) is 6.72. The third-order valence-corrected chi connectivity index (χ3v) is 5.08. The van der Waals surface area contributed by atoms with Gasteiger partial charge in [0, 0.05) is 39.4 Å². The van der Waals surface area contributed by atoms with Crippen molar-refractivity contribution in [3.05, 3.63) is 41.7 Å². The number of nitrogens with one attached hydrogen (secondary N) is 2. The van der Waals surface area contributed by atoms with Gasteiger partial charge in [0.15, 0.2) is 5.96 Å². The van der Waals surface area contributed by atoms with Gasteiger partial charge in [-0.2, -0.15) is 5.10 Å². The summed E-state index contributed by atoms with van der Waals surface area (Å²) in [5, 5.41) is 11.8. The number of guanidine groups is 1. The van der Waals surface area contributed by atoms with Gasteiger partial charge in [-0.25, -0.2) is 0 Å². The fraction of sp³-hybridized carbons (Fsp3) is 0.500. The van der Waals surface area contributed by atoms with Gasteiger partial charge < -0.3 is 20.3 Å². The van der Waals surface area contributed by atoms with Crippen molar-refractivity contribution in [1.82, 2.24) is 20.4 Å². The van der Waals surface area contributed by atoms with Crippen LogP contribution in [-0.2, 0) is 7.05 Å². The zero-order valence-corrected chi connectivity index (χ0v) is 20.2. The number of aryl methyl sites for hydroxylation is 1. The van der Waals surface area contributed by atoms with Crippen LogP contribution in [0.1, 0.15) is 19.8 Å². The van der Waals surface area contributed by atoms with Gasteiger partial charge >= 0.3 is 0 Å². The molecule has 0 amide bonds. The van der Waals surface area contributed by atoms with Crippen LogP contribution < -0.4 is 20.3 Å². The van der Waals surface area contributed by atoms with Gasteiger partial charge in [0.2, 0.25) is 0 Å². The van der Waals surface area contributed by atoms with E-state index in [9.17, 15) is 0 Å². The van der Waals surface area contributed by atoms with Gasteiger partial charge in [0.25, 0.3) is 0 Å². The Labute approximate surface area is 194 Å². The first-order valence-electron chi connectivity index (χ1n) is 9.67. The van der Waals surface area contributed by atoms with E-state index in [1.165, 1.54) is 5.69 Å². The van der Waals surface area contributed by atoms with E-state index < -0.39 is 0 Å². The summed E-state index contributed by atoms with van der Waals surface area (Å²) in [5.41, 5.74) is 1.17. The molecule has 2 N–H and O–H groups in total. The molecule has 0 spiro atoms. The number of para-hydroxylation sites is 1. The van der Waals surface area contributed by atoms with Gasteiger partial charge in [0.1, 0.15) is 11.9 Å². The Kier molecular flexibility index (Phi) is 9.35. The van der Waals surface area contributed by atoms with Crippen molar-refractivity contribution in [2.24, 2.45) is 12.0 Å². The first-order chi connectivity index (χ1) is 13.5. The Balaban J connectivity index is 0.00000300. The molecule has 0 aliphatic carbocycles. The lowest BCUT2D eigenvalue weighted by molar-refractivity contribution is 0.224. The molecule has 1 aliphatic rings. The lowest BCUT2D eigenvalue weighted by Gasteiger charge is -2.34. The van der Waals surface area contributed by atoms with Crippen LogP contribution >= 0.6 is 35.6 Å². The highest BCUT2D eigenvalue weighted by molar-refractivity contribution is 14.0. The van der Waals surface area contributed by atoms with Crippen LogP contribution in [0, 0.1) is 0 Å². The zero-order chi connectivity index (χ0) is 19.9. The lowest BCUT2D eigenvalue weighted by atomic mass is 10.1. The molecule has 0 radical (unpaired) electrons. The van der Waals surface area contributed by atoms with Crippen molar-refractivity contribution in [1.29, 1.82) is 0 Å². The van der Waals surface area contributed by atoms with E-state index in [1.807, 2.05) is 49.1 Å². The molecule has 1 aromatic carbocycles. The first kappa shape index (κ1) is 23.6. The number of ether oxygens (including phenoxy) is 1. The number of anilines is 1. The molecule has 29 heavy (non-hydrogen) atoms. The summed E-state index contributed by atoms with van der Waals surface area (Å²) in [6, 6.07) is 7.84. The maximum Gasteiger partial charge on any atom is 0.191 e. The van der Waals surface area contributed by atoms with Gasteiger partial charge in [0.05, 0.1) is 23.5 Å². The second kappa shape index (κ2) is 11.5. The van der Waals surface area contributed by atoms with Crippen molar-refractivity contribution in [3.63, 3.8) is 0 Å². The molecule has 2 aromatic rings. The normalized spacial score (nSPS) is 18.0. The van der Waals surface area contributed by atoms with E-state index in [4.69, 9.17) is 16.3 Å². The molecule has 160 valence electrons. The molecule has 1 fully saturated rings. The number of aliphatic imine (C=N–C) groups is 1. The van der Waals surface area contributed by atoms with Gasteiger partial charge in [-0.3, -0.25) is 9.67 Å². The van der Waals surface area contributed by atoms with Gasteiger partial charge in [-0.05, 0) is 31.9 Å². The molecule has 2 atom stereocenters. The monoisotopic (exact) mass is 532 g/mol. The van der Waals surface area contributed by atoms with Crippen molar-refractivity contribution in [2.75, 3.05) is 31.6 Å². The molecular formula is C20H30ClIN6O. The quantitative estimate of drug-likeness (QED) is 0.340. The highest BCUT2D eigenvalue weighted by Crippen LogP contribution is 2.24. The topological polar surface area (TPSA) is 66.7 Å². The molecule has 3 rings (SSSR count). The minimum Gasteiger partial charge on any atom is -0.487 e. The predicted molar refractivity (Wildman–Crippen MR) is 130 cm³/mol. The first-order valence-corrected chi connectivity index (χ1v) is 10.0. The molecule has 1 aliphatic heterocycles. The standard InChI is InChI=1S/C20H29ClN6O.HI/c1-15(28-19-9-5-4-8-18(19)21)11-23-20(22-2)25-16-7-6-10-27(13-16)17-12-24-26(3)14-17;/h4-5,8-9,12,14-16H,6-7,10-11,13H2,1-3H3,(H2,22,23,25);1H. The lowest BCUT2D eigenvalue weighted by Crippen LogP contribution is -2.52. The molecule has 1 saturated heterocycles. The second-order valence-electron chi connectivity index (χ2n) is 7.11. The van der Waals surface area contributed by atoms with Crippen molar-refractivity contribution < 1.29 is 4.74 Å². The van der Waals surface area contributed by atoms with Gasteiger partial charge in [-0.15, -0.1) is 24.0 Å². The summed E-state index contributed by atoms with van der Waals surface area (Å²) in [7, 11) is 3.73. The predicted octanol–water partition coefficient (Wildman–Crippen LogP) is 3.29. The van der Waals surface area contributed by atoms with Crippen LogP contribution in [0.4, 0.5) is 5.69 Å². The number of piperidine rings is 1. The zero-order valence-electron chi connectivity index (χ0n) is 17.1. The van der Waals surface area contributed by atoms with E-state index in [-0.39, 0.29) is 30.1 Å². The second-order valence-corrected chi connectivity index (χ2v) is 7.52. The third-order valence-electron chi connectivity index (χ3n) is 4.76. The van der Waals surface area contributed by atoms with Crippen molar-refractivity contribution in [3.8, 4) is 5.75 Å². The number of hydrogen-bond donors (Lipinski definition) is 2. The van der Waals surface area contributed by atoms with Crippen LogP contribution in [0.5, 0.6) is 5.75 Å². The summed E-state index contributed by atoms with van der Waals surface area (Å²) >= 11 is 6.16. The van der Waals surface area contributed by atoms with Crippen LogP contribution in [0.3, 0.4) is 0 Å². The molecule has 2 unspecified atom stereocenters. The summed E-state index contributed by atoms with van der Waals surface area (Å²) < 4.78 is 7.75. The Bertz CT molecular complexity index is 799. The molecule has 0 saturated carbocycles. The third kappa shape index (κ3) is 6.95. The molecule has 9 heteroatoms. The van der Waals surface area contributed by atoms with Crippen LogP contribution in [0.15, 0.2) is 41.7 Å². The van der Waals surface area contributed by atoms with Gasteiger partial charge in [-0.1, -0.05) is 23.7 Å². The average molecular weight is 533 g/mol. The van der Waals surface area contributed by atoms with Crippen LogP contribution in [0.25, 0.3) is 0 Å². The Hall–Kier alpha value is -1.68. The van der Waals surface area contributed by atoms with Crippen LogP contribution in [0.2, 0.25) is 5.02 Å². The number of hydrogen-bond acceptors (Lipinski definition) is 4. The smallest absolute Gasteiger partial charge is 0.191 e. The summed E-state index contributed by atoms with van der Waals surface area (Å²) in [5.74, 6) is 1.48. The largest absolute Gasteiger partial charge is 0.487 e. The molecular weight excluding hydrogens is 503 g/mol. The van der Waals surface area contributed by atoms with E-state index >= 15 is 0 Å². The van der Waals surface area contributed by atoms with E-state index in [1.54, 1.807) is 7.05 Å². The highest BCUT2D eigenvalue weighted by Gasteiger charge is 2.22. The average Bonchev–Trinajstić information content (AvgIpc) is 3.13. The van der Waals surface area contributed by atoms with E-state index in [0.29, 0.717) is 23.4 Å².